The summed E-state index contributed by atoms with van der Waals surface area (Å²) in [6.07, 6.45) is 3.69. The van der Waals surface area contributed by atoms with Crippen LogP contribution in [0.15, 0.2) is 12.4 Å². The van der Waals surface area contributed by atoms with Crippen molar-refractivity contribution in [2.45, 2.75) is 20.4 Å². The van der Waals surface area contributed by atoms with E-state index in [1.54, 1.807) is 6.20 Å². The number of rotatable bonds is 6. The van der Waals surface area contributed by atoms with E-state index >= 15 is 0 Å². The lowest BCUT2D eigenvalue weighted by Gasteiger charge is -2.08. The van der Waals surface area contributed by atoms with Crippen LogP contribution >= 0.6 is 0 Å². The number of carbonyl (C=O) groups excluding carboxylic acids is 1. The molecular weight excluding hydrogens is 204 g/mol. The van der Waals surface area contributed by atoms with Crippen molar-refractivity contribution in [1.82, 2.24) is 20.2 Å². The first kappa shape index (κ1) is 12.7. The molecule has 1 amide bonds. The first-order valence-electron chi connectivity index (χ1n) is 5.56. The van der Waals surface area contributed by atoms with Gasteiger partial charge in [-0.05, 0) is 0 Å². The summed E-state index contributed by atoms with van der Waals surface area (Å²) in [4.78, 5) is 15.4. The summed E-state index contributed by atoms with van der Waals surface area (Å²) in [5.41, 5.74) is 0. The molecule has 0 aromatic carbocycles. The molecule has 0 saturated carbocycles. The Balaban J connectivity index is 2.09. The Hall–Kier alpha value is -1.36. The van der Waals surface area contributed by atoms with Crippen LogP contribution in [0.1, 0.15) is 19.7 Å². The third-order valence-electron chi connectivity index (χ3n) is 2.33. The Bertz CT molecular complexity index is 332. The molecule has 0 radical (unpaired) electrons. The normalized spacial score (nSPS) is 10.8. The average Bonchev–Trinajstić information content (AvgIpc) is 2.63. The fourth-order valence-corrected chi connectivity index (χ4v) is 1.25. The number of nitrogens with zero attached hydrogens (tertiary/aromatic N) is 2. The van der Waals surface area contributed by atoms with Crippen molar-refractivity contribution < 1.29 is 4.79 Å². The SMILES string of the molecule is CC(C)C(=O)NCCNCc1nccn1C. The second-order valence-electron chi connectivity index (χ2n) is 4.08. The van der Waals surface area contributed by atoms with Crippen LogP contribution in [-0.4, -0.2) is 28.5 Å². The molecule has 90 valence electrons. The highest BCUT2D eigenvalue weighted by Crippen LogP contribution is 1.92. The van der Waals surface area contributed by atoms with Crippen LogP contribution in [0.3, 0.4) is 0 Å². The van der Waals surface area contributed by atoms with Crippen LogP contribution in [-0.2, 0) is 18.4 Å². The number of carbonyl (C=O) groups is 1. The molecule has 5 nitrogen and oxygen atoms in total. The zero-order valence-corrected chi connectivity index (χ0v) is 10.2. The van der Waals surface area contributed by atoms with Gasteiger partial charge in [-0.2, -0.15) is 0 Å². The first-order chi connectivity index (χ1) is 7.61. The van der Waals surface area contributed by atoms with E-state index in [1.807, 2.05) is 31.7 Å². The van der Waals surface area contributed by atoms with Crippen molar-refractivity contribution in [3.8, 4) is 0 Å². The summed E-state index contributed by atoms with van der Waals surface area (Å²) in [6.45, 7) is 5.90. The van der Waals surface area contributed by atoms with Gasteiger partial charge in [-0.25, -0.2) is 4.98 Å². The van der Waals surface area contributed by atoms with E-state index in [-0.39, 0.29) is 11.8 Å². The van der Waals surface area contributed by atoms with E-state index in [4.69, 9.17) is 0 Å². The van der Waals surface area contributed by atoms with Crippen molar-refractivity contribution in [2.75, 3.05) is 13.1 Å². The molecule has 0 spiro atoms. The fourth-order valence-electron chi connectivity index (χ4n) is 1.25. The van der Waals surface area contributed by atoms with E-state index in [2.05, 4.69) is 15.6 Å². The first-order valence-corrected chi connectivity index (χ1v) is 5.56. The van der Waals surface area contributed by atoms with Gasteiger partial charge in [0.05, 0.1) is 6.54 Å². The topological polar surface area (TPSA) is 59.0 Å². The Morgan fingerprint density at radius 3 is 2.81 bits per heavy atom. The summed E-state index contributed by atoms with van der Waals surface area (Å²) < 4.78 is 1.97. The van der Waals surface area contributed by atoms with Gasteiger partial charge in [-0.1, -0.05) is 13.8 Å². The lowest BCUT2D eigenvalue weighted by atomic mass is 10.2. The van der Waals surface area contributed by atoms with Crippen LogP contribution in [0.4, 0.5) is 0 Å². The third-order valence-corrected chi connectivity index (χ3v) is 2.33. The molecule has 2 N–H and O–H groups in total. The molecule has 0 bridgehead atoms. The van der Waals surface area contributed by atoms with Crippen LogP contribution < -0.4 is 10.6 Å². The van der Waals surface area contributed by atoms with E-state index in [9.17, 15) is 4.79 Å². The predicted octanol–water partition coefficient (Wildman–Crippen LogP) is 0.282. The number of nitrogens with one attached hydrogen (secondary N) is 2. The second-order valence-corrected chi connectivity index (χ2v) is 4.08. The van der Waals surface area contributed by atoms with E-state index in [0.29, 0.717) is 6.54 Å². The summed E-state index contributed by atoms with van der Waals surface area (Å²) >= 11 is 0. The standard InChI is InChI=1S/C11H20N4O/c1-9(2)11(16)14-5-4-12-8-10-13-6-7-15(10)3/h6-7,9,12H,4-5,8H2,1-3H3,(H,14,16). The van der Waals surface area contributed by atoms with Crippen molar-refractivity contribution in [3.63, 3.8) is 0 Å². The smallest absolute Gasteiger partial charge is 0.222 e. The molecular formula is C11H20N4O. The van der Waals surface area contributed by atoms with Crippen LogP contribution in [0, 0.1) is 5.92 Å². The van der Waals surface area contributed by atoms with Gasteiger partial charge in [-0.3, -0.25) is 4.79 Å². The van der Waals surface area contributed by atoms with Crippen LogP contribution in [0.2, 0.25) is 0 Å². The van der Waals surface area contributed by atoms with Gasteiger partial charge in [0.25, 0.3) is 0 Å². The molecule has 16 heavy (non-hydrogen) atoms. The van der Waals surface area contributed by atoms with Gasteiger partial charge in [0.2, 0.25) is 5.91 Å². The lowest BCUT2D eigenvalue weighted by molar-refractivity contribution is -0.123. The van der Waals surface area contributed by atoms with Gasteiger partial charge in [0, 0.05) is 38.4 Å². The molecule has 0 unspecified atom stereocenters. The molecule has 0 aliphatic rings. The highest BCUT2D eigenvalue weighted by Gasteiger charge is 2.04. The lowest BCUT2D eigenvalue weighted by Crippen LogP contribution is -2.34. The summed E-state index contributed by atoms with van der Waals surface area (Å²) in [5.74, 6) is 1.14. The monoisotopic (exact) mass is 224 g/mol. The molecule has 1 rings (SSSR count). The minimum Gasteiger partial charge on any atom is -0.355 e. The number of aromatic nitrogens is 2. The molecule has 1 heterocycles. The largest absolute Gasteiger partial charge is 0.355 e. The molecule has 0 saturated heterocycles. The van der Waals surface area contributed by atoms with Crippen molar-refractivity contribution in [1.29, 1.82) is 0 Å². The van der Waals surface area contributed by atoms with Crippen LogP contribution in [0.25, 0.3) is 0 Å². The van der Waals surface area contributed by atoms with Gasteiger partial charge < -0.3 is 15.2 Å². The van der Waals surface area contributed by atoms with E-state index in [0.717, 1.165) is 18.9 Å². The Kier molecular flexibility index (Phi) is 4.98. The molecule has 1 aromatic heterocycles. The minimum atomic E-state index is 0.0505. The molecule has 0 aliphatic carbocycles. The maximum Gasteiger partial charge on any atom is 0.222 e. The van der Waals surface area contributed by atoms with E-state index in [1.165, 1.54) is 0 Å². The Morgan fingerprint density at radius 1 is 1.50 bits per heavy atom. The van der Waals surface area contributed by atoms with Gasteiger partial charge >= 0.3 is 0 Å². The fraction of sp³-hybridized carbons (Fsp3) is 0.636. The number of hydrogen-bond acceptors (Lipinski definition) is 3. The van der Waals surface area contributed by atoms with E-state index < -0.39 is 0 Å². The number of hydrogen-bond donors (Lipinski definition) is 2. The van der Waals surface area contributed by atoms with Gasteiger partial charge in [0.15, 0.2) is 0 Å². The summed E-state index contributed by atoms with van der Waals surface area (Å²) in [7, 11) is 1.96. The number of amides is 1. The maximum absolute atomic E-state index is 11.2. The molecule has 0 atom stereocenters. The number of aryl methyl sites for hydroxylation is 1. The van der Waals surface area contributed by atoms with Crippen molar-refractivity contribution >= 4 is 5.91 Å². The molecule has 0 fully saturated rings. The third kappa shape index (κ3) is 4.02. The maximum atomic E-state index is 11.2. The average molecular weight is 224 g/mol. The van der Waals surface area contributed by atoms with Gasteiger partial charge in [0.1, 0.15) is 5.82 Å². The highest BCUT2D eigenvalue weighted by molar-refractivity contribution is 5.77. The summed E-state index contributed by atoms with van der Waals surface area (Å²) in [5, 5.41) is 6.07. The second kappa shape index (κ2) is 6.27. The Morgan fingerprint density at radius 2 is 2.25 bits per heavy atom. The zero-order valence-electron chi connectivity index (χ0n) is 10.2. The molecule has 0 aliphatic heterocycles. The molecule has 5 heteroatoms. The molecule has 1 aromatic rings. The minimum absolute atomic E-state index is 0.0505. The quantitative estimate of drug-likeness (QED) is 0.682. The highest BCUT2D eigenvalue weighted by atomic mass is 16.1. The van der Waals surface area contributed by atoms with Gasteiger partial charge in [-0.15, -0.1) is 0 Å². The summed E-state index contributed by atoms with van der Waals surface area (Å²) in [6, 6.07) is 0. The van der Waals surface area contributed by atoms with Crippen LogP contribution in [0.5, 0.6) is 0 Å². The predicted molar refractivity (Wildman–Crippen MR) is 62.8 cm³/mol. The van der Waals surface area contributed by atoms with Crippen molar-refractivity contribution in [3.05, 3.63) is 18.2 Å². The zero-order chi connectivity index (χ0) is 12.0. The van der Waals surface area contributed by atoms with Crippen molar-refractivity contribution in [2.24, 2.45) is 13.0 Å². The number of imidazole rings is 1. The Labute approximate surface area is 96.3 Å².